The van der Waals surface area contributed by atoms with E-state index >= 15 is 0 Å². The van der Waals surface area contributed by atoms with Crippen molar-refractivity contribution >= 4 is 17.1 Å². The summed E-state index contributed by atoms with van der Waals surface area (Å²) in [4.78, 5) is 14.7. The number of rotatable bonds is 6. The fraction of sp³-hybridized carbons (Fsp3) is 0. The van der Waals surface area contributed by atoms with Gasteiger partial charge in [-0.3, -0.25) is 15.0 Å². The minimum Gasteiger partial charge on any atom is -0.311 e. The summed E-state index contributed by atoms with van der Waals surface area (Å²) in [6, 6.07) is 38.2. The van der Waals surface area contributed by atoms with Gasteiger partial charge in [0.2, 0.25) is 0 Å². The first kappa shape index (κ1) is 22.4. The third-order valence-corrected chi connectivity index (χ3v) is 6.42. The molecule has 3 aromatic carbocycles. The summed E-state index contributed by atoms with van der Waals surface area (Å²) in [6.45, 7) is 0. The van der Waals surface area contributed by atoms with Crippen LogP contribution in [0.15, 0.2) is 146 Å². The standard InChI is InChI=1S/C33H24N4/c1-7-31(8-2-25(1)28-13-19-34-20-14-28)37(32-9-3-26(4-10-32)29-15-21-35-22-16-29)33-11-5-27(6-12-33)30-17-23-36-24-18-30/h1-24H. The van der Waals surface area contributed by atoms with Crippen LogP contribution in [0.2, 0.25) is 0 Å². The summed E-state index contributed by atoms with van der Waals surface area (Å²) in [5, 5.41) is 0. The molecule has 0 saturated heterocycles. The fourth-order valence-corrected chi connectivity index (χ4v) is 4.49. The van der Waals surface area contributed by atoms with Crippen LogP contribution in [0.4, 0.5) is 17.1 Å². The molecule has 3 heterocycles. The van der Waals surface area contributed by atoms with Crippen molar-refractivity contribution in [2.75, 3.05) is 4.90 Å². The van der Waals surface area contributed by atoms with E-state index in [9.17, 15) is 0 Å². The van der Waals surface area contributed by atoms with E-state index in [4.69, 9.17) is 0 Å². The maximum absolute atomic E-state index is 4.14. The molecule has 0 aliphatic rings. The van der Waals surface area contributed by atoms with Crippen molar-refractivity contribution in [2.24, 2.45) is 0 Å². The van der Waals surface area contributed by atoms with Crippen LogP contribution in [0.1, 0.15) is 0 Å². The molecule has 6 aromatic rings. The van der Waals surface area contributed by atoms with Crippen LogP contribution in [0.3, 0.4) is 0 Å². The molecular formula is C33H24N4. The van der Waals surface area contributed by atoms with Crippen molar-refractivity contribution in [3.05, 3.63) is 146 Å². The molecule has 0 N–H and O–H groups in total. The van der Waals surface area contributed by atoms with E-state index in [1.165, 1.54) is 0 Å². The van der Waals surface area contributed by atoms with Crippen LogP contribution >= 0.6 is 0 Å². The highest BCUT2D eigenvalue weighted by atomic mass is 15.1. The maximum atomic E-state index is 4.14. The van der Waals surface area contributed by atoms with Gasteiger partial charge in [-0.1, -0.05) is 36.4 Å². The van der Waals surface area contributed by atoms with Crippen molar-refractivity contribution in [1.82, 2.24) is 15.0 Å². The molecule has 0 unspecified atom stereocenters. The predicted molar refractivity (Wildman–Crippen MR) is 151 cm³/mol. The quantitative estimate of drug-likeness (QED) is 0.242. The van der Waals surface area contributed by atoms with Gasteiger partial charge in [-0.25, -0.2) is 0 Å². The second-order valence-corrected chi connectivity index (χ2v) is 8.68. The van der Waals surface area contributed by atoms with Crippen molar-refractivity contribution in [2.45, 2.75) is 0 Å². The van der Waals surface area contributed by atoms with Crippen LogP contribution in [0.25, 0.3) is 33.4 Å². The molecular weight excluding hydrogens is 452 g/mol. The molecule has 37 heavy (non-hydrogen) atoms. The molecule has 3 aromatic heterocycles. The monoisotopic (exact) mass is 476 g/mol. The van der Waals surface area contributed by atoms with E-state index in [1.807, 2.05) is 73.6 Å². The minimum atomic E-state index is 1.09. The number of benzene rings is 3. The van der Waals surface area contributed by atoms with Gasteiger partial charge in [0.05, 0.1) is 0 Å². The first-order valence-corrected chi connectivity index (χ1v) is 12.2. The molecule has 0 atom stereocenters. The highest BCUT2D eigenvalue weighted by Gasteiger charge is 2.13. The second-order valence-electron chi connectivity index (χ2n) is 8.68. The zero-order valence-electron chi connectivity index (χ0n) is 20.1. The zero-order valence-corrected chi connectivity index (χ0v) is 20.1. The predicted octanol–water partition coefficient (Wildman–Crippen LogP) is 8.34. The number of anilines is 3. The maximum Gasteiger partial charge on any atom is 0.0462 e. The van der Waals surface area contributed by atoms with Gasteiger partial charge in [0.1, 0.15) is 0 Å². The topological polar surface area (TPSA) is 41.9 Å². The normalized spacial score (nSPS) is 10.7. The molecule has 6 rings (SSSR count). The molecule has 4 heteroatoms. The molecule has 0 spiro atoms. The van der Waals surface area contributed by atoms with Gasteiger partial charge in [-0.15, -0.1) is 0 Å². The Morgan fingerprint density at radius 2 is 0.486 bits per heavy atom. The molecule has 0 amide bonds. The summed E-state index contributed by atoms with van der Waals surface area (Å²) in [5.41, 5.74) is 10.2. The number of hydrogen-bond acceptors (Lipinski definition) is 4. The van der Waals surface area contributed by atoms with Crippen molar-refractivity contribution in [1.29, 1.82) is 0 Å². The Hall–Kier alpha value is -5.09. The first-order valence-electron chi connectivity index (χ1n) is 12.2. The smallest absolute Gasteiger partial charge is 0.0462 e. The summed E-state index contributed by atoms with van der Waals surface area (Å²) in [5.74, 6) is 0. The molecule has 0 aliphatic heterocycles. The van der Waals surface area contributed by atoms with Crippen molar-refractivity contribution < 1.29 is 0 Å². The summed E-state index contributed by atoms with van der Waals surface area (Å²) >= 11 is 0. The Labute approximate surface area is 216 Å². The molecule has 176 valence electrons. The van der Waals surface area contributed by atoms with Crippen LogP contribution in [-0.2, 0) is 0 Å². The summed E-state index contributed by atoms with van der Waals surface area (Å²) in [6.07, 6.45) is 10.9. The van der Waals surface area contributed by atoms with E-state index in [0.29, 0.717) is 0 Å². The number of nitrogens with zero attached hydrogens (tertiary/aromatic N) is 4. The SMILES string of the molecule is c1cc(-c2ccc(N(c3ccc(-c4ccncc4)cc3)c3ccc(-c4ccncc4)cc3)cc2)ccn1. The van der Waals surface area contributed by atoms with Crippen LogP contribution < -0.4 is 4.90 Å². The van der Waals surface area contributed by atoms with E-state index in [-0.39, 0.29) is 0 Å². The van der Waals surface area contributed by atoms with Gasteiger partial charge in [-0.05, 0) is 106 Å². The Morgan fingerprint density at radius 3 is 0.730 bits per heavy atom. The molecule has 0 aliphatic carbocycles. The molecule has 0 saturated carbocycles. The third-order valence-electron chi connectivity index (χ3n) is 6.42. The molecule has 0 bridgehead atoms. The Balaban J connectivity index is 1.38. The number of pyridine rings is 3. The summed E-state index contributed by atoms with van der Waals surface area (Å²) < 4.78 is 0. The summed E-state index contributed by atoms with van der Waals surface area (Å²) in [7, 11) is 0. The van der Waals surface area contributed by atoms with Gasteiger partial charge in [0.15, 0.2) is 0 Å². The molecule has 0 fully saturated rings. The van der Waals surface area contributed by atoms with Crippen LogP contribution in [0.5, 0.6) is 0 Å². The fourth-order valence-electron chi connectivity index (χ4n) is 4.49. The lowest BCUT2D eigenvalue weighted by Crippen LogP contribution is -2.09. The average molecular weight is 477 g/mol. The van der Waals surface area contributed by atoms with Gasteiger partial charge >= 0.3 is 0 Å². The van der Waals surface area contributed by atoms with Crippen LogP contribution in [-0.4, -0.2) is 15.0 Å². The first-order chi connectivity index (χ1) is 18.3. The second kappa shape index (κ2) is 10.3. The Morgan fingerprint density at radius 1 is 0.270 bits per heavy atom. The lowest BCUT2D eigenvalue weighted by Gasteiger charge is -2.26. The lowest BCUT2D eigenvalue weighted by atomic mass is 10.0. The molecule has 4 nitrogen and oxygen atoms in total. The number of aromatic nitrogens is 3. The van der Waals surface area contributed by atoms with E-state index in [2.05, 4.69) is 92.6 Å². The zero-order chi connectivity index (χ0) is 24.9. The Kier molecular flexibility index (Phi) is 6.21. The van der Waals surface area contributed by atoms with E-state index < -0.39 is 0 Å². The largest absolute Gasteiger partial charge is 0.311 e. The average Bonchev–Trinajstić information content (AvgIpc) is 3.00. The minimum absolute atomic E-state index is 1.09. The number of hydrogen-bond donors (Lipinski definition) is 0. The third kappa shape index (κ3) is 4.86. The van der Waals surface area contributed by atoms with Crippen molar-refractivity contribution in [3.8, 4) is 33.4 Å². The van der Waals surface area contributed by atoms with Crippen LogP contribution in [0, 0.1) is 0 Å². The lowest BCUT2D eigenvalue weighted by molar-refractivity contribution is 1.28. The highest BCUT2D eigenvalue weighted by Crippen LogP contribution is 2.37. The van der Waals surface area contributed by atoms with Crippen molar-refractivity contribution in [3.63, 3.8) is 0 Å². The Bertz CT molecular complexity index is 1370. The van der Waals surface area contributed by atoms with Gasteiger partial charge in [-0.2, -0.15) is 0 Å². The van der Waals surface area contributed by atoms with E-state index in [1.54, 1.807) is 0 Å². The van der Waals surface area contributed by atoms with Gasteiger partial charge in [0.25, 0.3) is 0 Å². The van der Waals surface area contributed by atoms with E-state index in [0.717, 1.165) is 50.4 Å². The van der Waals surface area contributed by atoms with Gasteiger partial charge < -0.3 is 4.90 Å². The van der Waals surface area contributed by atoms with Gasteiger partial charge in [0, 0.05) is 54.2 Å². The molecule has 0 radical (unpaired) electrons. The highest BCUT2D eigenvalue weighted by molar-refractivity contribution is 5.80.